The molecule has 7 nitrogen and oxygen atoms in total. The Morgan fingerprint density at radius 2 is 1.62 bits per heavy atom. The first-order valence-electron chi connectivity index (χ1n) is 7.14. The van der Waals surface area contributed by atoms with E-state index >= 15 is 0 Å². The maximum atomic E-state index is 12.1. The number of carbonyl (C=O) groups excluding carboxylic acids is 2. The minimum Gasteiger partial charge on any atom is -0.507 e. The number of hydrogen-bond donors (Lipinski definition) is 3. The van der Waals surface area contributed by atoms with Gasteiger partial charge in [-0.2, -0.15) is 5.10 Å². The second kappa shape index (κ2) is 6.66. The van der Waals surface area contributed by atoms with Crippen LogP contribution < -0.4 is 10.9 Å². The van der Waals surface area contributed by atoms with Crippen LogP contribution in [0.4, 0.5) is 0 Å². The van der Waals surface area contributed by atoms with E-state index < -0.39 is 11.8 Å². The van der Waals surface area contributed by atoms with Gasteiger partial charge in [0.25, 0.3) is 11.8 Å². The second-order valence-corrected chi connectivity index (χ2v) is 4.92. The standard InChI is InChI=1S/C17H14N4O3/c22-15-5-2-1-4-14(15)17(24)20-19-16(23)12-6-8-13(9-7-12)21-11-3-10-18-21/h1-11,22H,(H,19,23)(H,20,24). The first-order valence-corrected chi connectivity index (χ1v) is 7.14. The average molecular weight is 322 g/mol. The molecule has 0 unspecified atom stereocenters. The molecule has 0 fully saturated rings. The molecule has 0 aliphatic heterocycles. The van der Waals surface area contributed by atoms with E-state index in [4.69, 9.17) is 0 Å². The Kier molecular flexibility index (Phi) is 4.24. The Morgan fingerprint density at radius 1 is 0.917 bits per heavy atom. The maximum Gasteiger partial charge on any atom is 0.273 e. The van der Waals surface area contributed by atoms with Gasteiger partial charge in [0, 0.05) is 18.0 Å². The van der Waals surface area contributed by atoms with Crippen molar-refractivity contribution in [2.75, 3.05) is 0 Å². The molecular weight excluding hydrogens is 308 g/mol. The van der Waals surface area contributed by atoms with Gasteiger partial charge in [0.1, 0.15) is 5.75 Å². The summed E-state index contributed by atoms with van der Waals surface area (Å²) in [7, 11) is 0. The van der Waals surface area contributed by atoms with Gasteiger partial charge in [-0.3, -0.25) is 20.4 Å². The topological polar surface area (TPSA) is 96.3 Å². The SMILES string of the molecule is O=C(NNC(=O)c1ccccc1O)c1ccc(-n2cccn2)cc1. The van der Waals surface area contributed by atoms with Crippen molar-refractivity contribution in [3.8, 4) is 11.4 Å². The van der Waals surface area contributed by atoms with Crippen LogP contribution in [0, 0.1) is 0 Å². The Hall–Kier alpha value is -3.61. The monoisotopic (exact) mass is 322 g/mol. The second-order valence-electron chi connectivity index (χ2n) is 4.92. The lowest BCUT2D eigenvalue weighted by molar-refractivity contribution is 0.0845. The summed E-state index contributed by atoms with van der Waals surface area (Å²) >= 11 is 0. The highest BCUT2D eigenvalue weighted by molar-refractivity contribution is 6.00. The third-order valence-corrected chi connectivity index (χ3v) is 3.34. The van der Waals surface area contributed by atoms with Crippen LogP contribution in [0.3, 0.4) is 0 Å². The van der Waals surface area contributed by atoms with Gasteiger partial charge >= 0.3 is 0 Å². The predicted molar refractivity (Wildman–Crippen MR) is 86.6 cm³/mol. The van der Waals surface area contributed by atoms with Crippen LogP contribution >= 0.6 is 0 Å². The summed E-state index contributed by atoms with van der Waals surface area (Å²) in [6.07, 6.45) is 3.46. The molecule has 24 heavy (non-hydrogen) atoms. The van der Waals surface area contributed by atoms with Crippen LogP contribution in [-0.4, -0.2) is 26.7 Å². The molecule has 2 aromatic carbocycles. The molecule has 3 N–H and O–H groups in total. The molecule has 0 atom stereocenters. The molecule has 0 bridgehead atoms. The zero-order valence-corrected chi connectivity index (χ0v) is 12.5. The molecule has 1 aromatic heterocycles. The lowest BCUT2D eigenvalue weighted by Gasteiger charge is -2.09. The minimum absolute atomic E-state index is 0.0758. The number of hydrogen-bond acceptors (Lipinski definition) is 4. The molecule has 2 amide bonds. The molecule has 0 saturated carbocycles. The van der Waals surface area contributed by atoms with Crippen molar-refractivity contribution in [1.29, 1.82) is 0 Å². The quantitative estimate of drug-likeness (QED) is 0.639. The number of hydrazine groups is 1. The Morgan fingerprint density at radius 3 is 2.29 bits per heavy atom. The fraction of sp³-hybridized carbons (Fsp3) is 0. The number of aromatic hydroxyl groups is 1. The molecule has 0 aliphatic rings. The third kappa shape index (κ3) is 3.25. The van der Waals surface area contributed by atoms with Crippen molar-refractivity contribution < 1.29 is 14.7 Å². The third-order valence-electron chi connectivity index (χ3n) is 3.34. The van der Waals surface area contributed by atoms with Crippen LogP contribution in [0.25, 0.3) is 5.69 Å². The van der Waals surface area contributed by atoms with E-state index in [9.17, 15) is 14.7 Å². The van der Waals surface area contributed by atoms with Gasteiger partial charge in [-0.05, 0) is 42.5 Å². The van der Waals surface area contributed by atoms with Crippen LogP contribution in [0.1, 0.15) is 20.7 Å². The zero-order chi connectivity index (χ0) is 16.9. The number of benzene rings is 2. The number of phenolic OH excluding ortho intramolecular Hbond substituents is 1. The summed E-state index contributed by atoms with van der Waals surface area (Å²) in [6, 6.07) is 14.6. The number of aromatic nitrogens is 2. The smallest absolute Gasteiger partial charge is 0.273 e. The first kappa shape index (κ1) is 15.3. The van der Waals surface area contributed by atoms with Gasteiger partial charge in [0.2, 0.25) is 0 Å². The Balaban J connectivity index is 1.63. The number of carbonyl (C=O) groups is 2. The highest BCUT2D eigenvalue weighted by Gasteiger charge is 2.12. The lowest BCUT2D eigenvalue weighted by atomic mass is 10.2. The molecule has 7 heteroatoms. The summed E-state index contributed by atoms with van der Waals surface area (Å²) in [5, 5.41) is 13.7. The molecule has 3 aromatic rings. The maximum absolute atomic E-state index is 12.1. The molecule has 0 saturated heterocycles. The van der Waals surface area contributed by atoms with Crippen molar-refractivity contribution in [1.82, 2.24) is 20.6 Å². The van der Waals surface area contributed by atoms with E-state index in [0.29, 0.717) is 5.56 Å². The minimum atomic E-state index is -0.602. The fourth-order valence-electron chi connectivity index (χ4n) is 2.11. The number of para-hydroxylation sites is 1. The summed E-state index contributed by atoms with van der Waals surface area (Å²) in [5.41, 5.74) is 5.84. The lowest BCUT2D eigenvalue weighted by Crippen LogP contribution is -2.41. The highest BCUT2D eigenvalue weighted by atomic mass is 16.3. The summed E-state index contributed by atoms with van der Waals surface area (Å²) < 4.78 is 1.67. The molecule has 3 rings (SSSR count). The highest BCUT2D eigenvalue weighted by Crippen LogP contribution is 2.14. The van der Waals surface area contributed by atoms with Crippen LogP contribution in [-0.2, 0) is 0 Å². The number of nitrogens with one attached hydrogen (secondary N) is 2. The Bertz CT molecular complexity index is 858. The summed E-state index contributed by atoms with van der Waals surface area (Å²) in [5.74, 6) is -1.23. The van der Waals surface area contributed by atoms with Crippen molar-refractivity contribution in [3.05, 3.63) is 78.1 Å². The molecule has 1 heterocycles. The first-order chi connectivity index (χ1) is 11.6. The number of phenols is 1. The van der Waals surface area contributed by atoms with Crippen molar-refractivity contribution in [2.24, 2.45) is 0 Å². The number of rotatable bonds is 3. The largest absolute Gasteiger partial charge is 0.507 e. The zero-order valence-electron chi connectivity index (χ0n) is 12.5. The molecule has 0 aliphatic carbocycles. The molecule has 0 spiro atoms. The summed E-state index contributed by atoms with van der Waals surface area (Å²) in [6.45, 7) is 0. The van der Waals surface area contributed by atoms with E-state index in [1.165, 1.54) is 12.1 Å². The normalized spacial score (nSPS) is 10.2. The van der Waals surface area contributed by atoms with E-state index in [1.54, 1.807) is 59.5 Å². The van der Waals surface area contributed by atoms with E-state index in [2.05, 4.69) is 16.0 Å². The van der Waals surface area contributed by atoms with Gasteiger partial charge in [0.05, 0.1) is 11.3 Å². The van der Waals surface area contributed by atoms with Crippen molar-refractivity contribution >= 4 is 11.8 Å². The van der Waals surface area contributed by atoms with Gasteiger partial charge < -0.3 is 5.11 Å². The fourth-order valence-corrected chi connectivity index (χ4v) is 2.11. The van der Waals surface area contributed by atoms with Gasteiger partial charge in [-0.15, -0.1) is 0 Å². The van der Waals surface area contributed by atoms with E-state index in [-0.39, 0.29) is 11.3 Å². The van der Waals surface area contributed by atoms with Gasteiger partial charge in [-0.25, -0.2) is 4.68 Å². The molecule has 120 valence electrons. The van der Waals surface area contributed by atoms with Gasteiger partial charge in [0.15, 0.2) is 0 Å². The van der Waals surface area contributed by atoms with Gasteiger partial charge in [-0.1, -0.05) is 12.1 Å². The van der Waals surface area contributed by atoms with E-state index in [1.807, 2.05) is 0 Å². The number of nitrogens with zero attached hydrogens (tertiary/aromatic N) is 2. The van der Waals surface area contributed by atoms with Crippen LogP contribution in [0.2, 0.25) is 0 Å². The van der Waals surface area contributed by atoms with Crippen molar-refractivity contribution in [3.63, 3.8) is 0 Å². The predicted octanol–water partition coefficient (Wildman–Crippen LogP) is 1.65. The van der Waals surface area contributed by atoms with Crippen LogP contribution in [0.15, 0.2) is 67.0 Å². The van der Waals surface area contributed by atoms with Crippen molar-refractivity contribution in [2.45, 2.75) is 0 Å². The van der Waals surface area contributed by atoms with E-state index in [0.717, 1.165) is 5.69 Å². The number of amides is 2. The Labute approximate surface area is 137 Å². The van der Waals surface area contributed by atoms with Crippen LogP contribution in [0.5, 0.6) is 5.75 Å². The molecular formula is C17H14N4O3. The summed E-state index contributed by atoms with van der Waals surface area (Å²) in [4.78, 5) is 24.0. The average Bonchev–Trinajstić information content (AvgIpc) is 3.14. The molecule has 0 radical (unpaired) electrons.